The van der Waals surface area contributed by atoms with Gasteiger partial charge in [0, 0.05) is 11.9 Å². The third-order valence-corrected chi connectivity index (χ3v) is 3.62. The Kier molecular flexibility index (Phi) is 4.04. The first-order valence-electron chi connectivity index (χ1n) is 6.06. The van der Waals surface area contributed by atoms with E-state index >= 15 is 0 Å². The van der Waals surface area contributed by atoms with Crippen LogP contribution in [0.25, 0.3) is 0 Å². The molecule has 1 heterocycles. The average Bonchev–Trinajstić information content (AvgIpc) is 2.80. The second-order valence-electron chi connectivity index (χ2n) is 4.55. The number of carbonyl (C=O) groups is 1. The standard InChI is InChI=1S/C14H16BrN3O/c1-9-5-4-6-13(10(9)2)17-14(19)11(3)18-8-12(15)7-16-18/h4-8,11H,1-3H3,(H,17,19). The Morgan fingerprint density at radius 1 is 1.42 bits per heavy atom. The van der Waals surface area contributed by atoms with Gasteiger partial charge in [0.1, 0.15) is 6.04 Å². The molecule has 0 aliphatic rings. The lowest BCUT2D eigenvalue weighted by atomic mass is 10.1. The zero-order valence-corrected chi connectivity index (χ0v) is 12.7. The largest absolute Gasteiger partial charge is 0.324 e. The Labute approximate surface area is 120 Å². The Bertz CT molecular complexity index is 606. The van der Waals surface area contributed by atoms with Crippen molar-refractivity contribution in [2.75, 3.05) is 5.32 Å². The van der Waals surface area contributed by atoms with Gasteiger partial charge < -0.3 is 5.32 Å². The maximum atomic E-state index is 12.2. The van der Waals surface area contributed by atoms with Gasteiger partial charge in [-0.05, 0) is 53.9 Å². The SMILES string of the molecule is Cc1cccc(NC(=O)C(C)n2cc(Br)cn2)c1C. The molecule has 2 rings (SSSR count). The van der Waals surface area contributed by atoms with Crippen molar-refractivity contribution in [3.05, 3.63) is 46.2 Å². The van der Waals surface area contributed by atoms with Crippen LogP contribution in [0.3, 0.4) is 0 Å². The van der Waals surface area contributed by atoms with Gasteiger partial charge >= 0.3 is 0 Å². The van der Waals surface area contributed by atoms with Gasteiger partial charge in [-0.3, -0.25) is 9.48 Å². The molecule has 2 aromatic rings. The quantitative estimate of drug-likeness (QED) is 0.941. The van der Waals surface area contributed by atoms with Crippen molar-refractivity contribution in [2.45, 2.75) is 26.8 Å². The number of halogens is 1. The normalized spacial score (nSPS) is 12.2. The molecule has 0 saturated carbocycles. The van der Waals surface area contributed by atoms with Gasteiger partial charge in [-0.25, -0.2) is 0 Å². The van der Waals surface area contributed by atoms with Gasteiger partial charge in [-0.2, -0.15) is 5.10 Å². The van der Waals surface area contributed by atoms with E-state index in [9.17, 15) is 4.79 Å². The van der Waals surface area contributed by atoms with Crippen LogP contribution in [0.4, 0.5) is 5.69 Å². The Balaban J connectivity index is 2.15. The number of hydrogen-bond donors (Lipinski definition) is 1. The molecule has 1 aromatic heterocycles. The van der Waals surface area contributed by atoms with Gasteiger partial charge in [0.25, 0.3) is 0 Å². The number of amides is 1. The summed E-state index contributed by atoms with van der Waals surface area (Å²) in [5.74, 6) is -0.0794. The zero-order valence-electron chi connectivity index (χ0n) is 11.1. The lowest BCUT2D eigenvalue weighted by Gasteiger charge is -2.15. The minimum atomic E-state index is -0.355. The number of aryl methyl sites for hydroxylation is 1. The molecule has 5 heteroatoms. The third-order valence-electron chi connectivity index (χ3n) is 3.21. The molecule has 0 aliphatic heterocycles. The van der Waals surface area contributed by atoms with Crippen molar-refractivity contribution in [2.24, 2.45) is 0 Å². The summed E-state index contributed by atoms with van der Waals surface area (Å²) >= 11 is 3.32. The summed E-state index contributed by atoms with van der Waals surface area (Å²) in [6.45, 7) is 5.85. The molecule has 1 atom stereocenters. The second-order valence-corrected chi connectivity index (χ2v) is 5.47. The molecule has 1 unspecified atom stereocenters. The molecule has 1 amide bonds. The highest BCUT2D eigenvalue weighted by atomic mass is 79.9. The predicted octanol–water partition coefficient (Wildman–Crippen LogP) is 3.46. The number of hydrogen-bond acceptors (Lipinski definition) is 2. The molecule has 100 valence electrons. The van der Waals surface area contributed by atoms with Crippen molar-refractivity contribution in [3.8, 4) is 0 Å². The number of nitrogens with zero attached hydrogens (tertiary/aromatic N) is 2. The van der Waals surface area contributed by atoms with Gasteiger partial charge in [0.15, 0.2) is 0 Å². The van der Waals surface area contributed by atoms with E-state index in [1.165, 1.54) is 0 Å². The van der Waals surface area contributed by atoms with Gasteiger partial charge in [-0.1, -0.05) is 12.1 Å². The van der Waals surface area contributed by atoms with Crippen LogP contribution in [0.5, 0.6) is 0 Å². The molecule has 4 nitrogen and oxygen atoms in total. The number of nitrogens with one attached hydrogen (secondary N) is 1. The van der Waals surface area contributed by atoms with E-state index in [1.807, 2.05) is 39.0 Å². The van der Waals surface area contributed by atoms with Crippen LogP contribution in [-0.4, -0.2) is 15.7 Å². The maximum Gasteiger partial charge on any atom is 0.248 e. The molecular weight excluding hydrogens is 306 g/mol. The lowest BCUT2D eigenvalue weighted by Crippen LogP contribution is -2.24. The molecule has 0 spiro atoms. The second kappa shape index (κ2) is 5.57. The van der Waals surface area contributed by atoms with Crippen molar-refractivity contribution < 1.29 is 4.79 Å². The fourth-order valence-corrected chi connectivity index (χ4v) is 2.07. The summed E-state index contributed by atoms with van der Waals surface area (Å²) in [6, 6.07) is 5.52. The summed E-state index contributed by atoms with van der Waals surface area (Å²) in [7, 11) is 0. The summed E-state index contributed by atoms with van der Waals surface area (Å²) in [4.78, 5) is 12.2. The van der Waals surface area contributed by atoms with E-state index in [2.05, 4.69) is 26.3 Å². The molecule has 0 saturated heterocycles. The highest BCUT2D eigenvalue weighted by molar-refractivity contribution is 9.10. The van der Waals surface area contributed by atoms with Crippen LogP contribution in [-0.2, 0) is 4.79 Å². The number of rotatable bonds is 3. The van der Waals surface area contributed by atoms with Crippen LogP contribution in [0.1, 0.15) is 24.1 Å². The van der Waals surface area contributed by atoms with E-state index in [0.29, 0.717) is 0 Å². The molecule has 1 N–H and O–H groups in total. The summed E-state index contributed by atoms with van der Waals surface area (Å²) in [6.07, 6.45) is 3.45. The Morgan fingerprint density at radius 2 is 2.16 bits per heavy atom. The number of benzene rings is 1. The molecule has 19 heavy (non-hydrogen) atoms. The highest BCUT2D eigenvalue weighted by Gasteiger charge is 2.16. The number of anilines is 1. The van der Waals surface area contributed by atoms with Crippen LogP contribution < -0.4 is 5.32 Å². The molecule has 1 aromatic carbocycles. The molecule has 0 radical (unpaired) electrons. The summed E-state index contributed by atoms with van der Waals surface area (Å²) in [5, 5.41) is 7.07. The van der Waals surface area contributed by atoms with Crippen LogP contribution in [0, 0.1) is 13.8 Å². The highest BCUT2D eigenvalue weighted by Crippen LogP contribution is 2.20. The first-order valence-corrected chi connectivity index (χ1v) is 6.85. The zero-order chi connectivity index (χ0) is 14.0. The third kappa shape index (κ3) is 3.04. The molecule has 0 aliphatic carbocycles. The van der Waals surface area contributed by atoms with Crippen molar-refractivity contribution in [1.82, 2.24) is 9.78 Å². The smallest absolute Gasteiger partial charge is 0.248 e. The Morgan fingerprint density at radius 3 is 2.79 bits per heavy atom. The lowest BCUT2D eigenvalue weighted by molar-refractivity contribution is -0.119. The van der Waals surface area contributed by atoms with Crippen LogP contribution >= 0.6 is 15.9 Å². The van der Waals surface area contributed by atoms with E-state index in [0.717, 1.165) is 21.3 Å². The van der Waals surface area contributed by atoms with E-state index in [4.69, 9.17) is 0 Å². The molecule has 0 bridgehead atoms. The van der Waals surface area contributed by atoms with Crippen molar-refractivity contribution >= 4 is 27.5 Å². The van der Waals surface area contributed by atoms with Crippen molar-refractivity contribution in [1.29, 1.82) is 0 Å². The first-order chi connectivity index (χ1) is 8.99. The minimum Gasteiger partial charge on any atom is -0.324 e. The van der Waals surface area contributed by atoms with Gasteiger partial charge in [0.2, 0.25) is 5.91 Å². The van der Waals surface area contributed by atoms with Crippen LogP contribution in [0.15, 0.2) is 35.1 Å². The molecule has 0 fully saturated rings. The fraction of sp³-hybridized carbons (Fsp3) is 0.286. The fourth-order valence-electron chi connectivity index (χ4n) is 1.77. The topological polar surface area (TPSA) is 46.9 Å². The average molecular weight is 322 g/mol. The monoisotopic (exact) mass is 321 g/mol. The number of carbonyl (C=O) groups excluding carboxylic acids is 1. The first kappa shape index (κ1) is 13.8. The Hall–Kier alpha value is -1.62. The summed E-state index contributed by atoms with van der Waals surface area (Å²) in [5.41, 5.74) is 3.10. The van der Waals surface area contributed by atoms with E-state index in [-0.39, 0.29) is 11.9 Å². The van der Waals surface area contributed by atoms with E-state index in [1.54, 1.807) is 17.1 Å². The van der Waals surface area contributed by atoms with E-state index < -0.39 is 0 Å². The molecular formula is C14H16BrN3O. The van der Waals surface area contributed by atoms with Crippen molar-refractivity contribution in [3.63, 3.8) is 0 Å². The number of aromatic nitrogens is 2. The van der Waals surface area contributed by atoms with Gasteiger partial charge in [-0.15, -0.1) is 0 Å². The van der Waals surface area contributed by atoms with Crippen LogP contribution in [0.2, 0.25) is 0 Å². The maximum absolute atomic E-state index is 12.2. The van der Waals surface area contributed by atoms with Gasteiger partial charge in [0.05, 0.1) is 10.7 Å². The summed E-state index contributed by atoms with van der Waals surface area (Å²) < 4.78 is 2.49. The predicted molar refractivity (Wildman–Crippen MR) is 79.2 cm³/mol. The minimum absolute atomic E-state index is 0.0794.